The Morgan fingerprint density at radius 3 is 2.65 bits per heavy atom. The van der Waals surface area contributed by atoms with Gasteiger partial charge in [0.25, 0.3) is 5.91 Å². The van der Waals surface area contributed by atoms with Gasteiger partial charge >= 0.3 is 0 Å². The van der Waals surface area contributed by atoms with E-state index in [4.69, 9.17) is 0 Å². The van der Waals surface area contributed by atoms with E-state index in [2.05, 4.69) is 10.6 Å². The van der Waals surface area contributed by atoms with E-state index in [9.17, 15) is 13.2 Å². The van der Waals surface area contributed by atoms with Gasteiger partial charge in [0.2, 0.25) is 0 Å². The van der Waals surface area contributed by atoms with Crippen LogP contribution in [0.25, 0.3) is 0 Å². The number of amides is 1. The molecule has 112 valence electrons. The summed E-state index contributed by atoms with van der Waals surface area (Å²) in [7, 11) is -3.09. The Bertz CT molecular complexity index is 602. The quantitative estimate of drug-likeness (QED) is 0.864. The summed E-state index contributed by atoms with van der Waals surface area (Å²) >= 11 is 0. The van der Waals surface area contributed by atoms with Gasteiger partial charge in [0.05, 0.1) is 5.75 Å². The van der Waals surface area contributed by atoms with Crippen LogP contribution in [0, 0.1) is 0 Å². The van der Waals surface area contributed by atoms with Crippen molar-refractivity contribution in [1.82, 2.24) is 10.6 Å². The first-order chi connectivity index (χ1) is 8.85. The number of nitrogens with one attached hydrogen (secondary N) is 2. The van der Waals surface area contributed by atoms with Crippen LogP contribution in [0.4, 0.5) is 0 Å². The van der Waals surface area contributed by atoms with Gasteiger partial charge in [-0.25, -0.2) is 8.42 Å². The van der Waals surface area contributed by atoms with Crippen molar-refractivity contribution in [1.29, 1.82) is 0 Å². The van der Waals surface area contributed by atoms with Crippen LogP contribution in [-0.4, -0.2) is 32.4 Å². The summed E-state index contributed by atoms with van der Waals surface area (Å²) in [4.78, 5) is 12.0. The molecular weight excluding hydrogens is 300 g/mol. The van der Waals surface area contributed by atoms with Gasteiger partial charge < -0.3 is 10.6 Å². The Kier molecular flexibility index (Phi) is 5.56. The molecule has 0 spiro atoms. The number of fused-ring (bicyclic) bond motifs is 1. The molecule has 1 aromatic rings. The average molecular weight is 319 g/mol. The van der Waals surface area contributed by atoms with Crippen molar-refractivity contribution in [3.63, 3.8) is 0 Å². The summed E-state index contributed by atoms with van der Waals surface area (Å²) in [6, 6.07) is 5.17. The molecule has 7 heteroatoms. The second kappa shape index (κ2) is 6.56. The molecule has 20 heavy (non-hydrogen) atoms. The number of hydrogen-bond acceptors (Lipinski definition) is 4. The number of carbonyl (C=O) groups excluding carboxylic acids is 1. The third-order valence-electron chi connectivity index (χ3n) is 3.03. The summed E-state index contributed by atoms with van der Waals surface area (Å²) in [6.45, 7) is 3.30. The number of carbonyl (C=O) groups is 1. The van der Waals surface area contributed by atoms with E-state index in [0.717, 1.165) is 24.9 Å². The van der Waals surface area contributed by atoms with Gasteiger partial charge in [0.15, 0.2) is 0 Å². The fraction of sp³-hybridized carbons (Fsp3) is 0.462. The minimum absolute atomic E-state index is 0. The number of rotatable bonds is 4. The number of sulfone groups is 1. The molecule has 0 aliphatic carbocycles. The van der Waals surface area contributed by atoms with Crippen LogP contribution in [0.15, 0.2) is 18.2 Å². The number of halogens is 1. The van der Waals surface area contributed by atoms with E-state index in [1.165, 1.54) is 5.56 Å². The molecule has 0 saturated carbocycles. The predicted octanol–water partition coefficient (Wildman–Crippen LogP) is 0.874. The third-order valence-corrected chi connectivity index (χ3v) is 4.14. The van der Waals surface area contributed by atoms with Gasteiger partial charge in [-0.3, -0.25) is 4.79 Å². The molecule has 1 amide bonds. The highest BCUT2D eigenvalue weighted by atomic mass is 35.5. The van der Waals surface area contributed by atoms with Gasteiger partial charge in [-0.1, -0.05) is 6.07 Å². The molecule has 1 aliphatic heterocycles. The van der Waals surface area contributed by atoms with Crippen molar-refractivity contribution < 1.29 is 13.2 Å². The van der Waals surface area contributed by atoms with Crippen molar-refractivity contribution >= 4 is 28.2 Å². The Labute approximate surface area is 125 Å². The molecule has 1 atom stereocenters. The van der Waals surface area contributed by atoms with Crippen LogP contribution >= 0.6 is 12.4 Å². The van der Waals surface area contributed by atoms with E-state index in [1.54, 1.807) is 13.0 Å². The topological polar surface area (TPSA) is 75.3 Å². The van der Waals surface area contributed by atoms with Gasteiger partial charge in [-0.15, -0.1) is 12.4 Å². The molecule has 2 rings (SSSR count). The molecule has 2 N–H and O–H groups in total. The first-order valence-electron chi connectivity index (χ1n) is 6.16. The Morgan fingerprint density at radius 2 is 2.00 bits per heavy atom. The fourth-order valence-electron chi connectivity index (χ4n) is 2.24. The lowest BCUT2D eigenvalue weighted by molar-refractivity contribution is 0.0943. The summed E-state index contributed by atoms with van der Waals surface area (Å²) in [5.41, 5.74) is 2.91. The second-order valence-corrected chi connectivity index (χ2v) is 7.24. The van der Waals surface area contributed by atoms with Crippen LogP contribution in [0.3, 0.4) is 0 Å². The lowest BCUT2D eigenvalue weighted by Crippen LogP contribution is -2.37. The largest absolute Gasteiger partial charge is 0.349 e. The van der Waals surface area contributed by atoms with Gasteiger partial charge in [-0.2, -0.15) is 0 Å². The molecule has 0 bridgehead atoms. The summed E-state index contributed by atoms with van der Waals surface area (Å²) in [5, 5.41) is 5.92. The van der Waals surface area contributed by atoms with Crippen molar-refractivity contribution in [3.05, 3.63) is 34.9 Å². The van der Waals surface area contributed by atoms with Gasteiger partial charge in [0.1, 0.15) is 9.84 Å². The molecule has 0 saturated heterocycles. The van der Waals surface area contributed by atoms with E-state index < -0.39 is 15.9 Å². The van der Waals surface area contributed by atoms with E-state index >= 15 is 0 Å². The van der Waals surface area contributed by atoms with E-state index in [-0.39, 0.29) is 24.1 Å². The maximum Gasteiger partial charge on any atom is 0.251 e. The van der Waals surface area contributed by atoms with Crippen molar-refractivity contribution in [3.8, 4) is 0 Å². The summed E-state index contributed by atoms with van der Waals surface area (Å²) in [6.07, 6.45) is 1.16. The molecule has 0 aromatic heterocycles. The lowest BCUT2D eigenvalue weighted by Gasteiger charge is -2.13. The maximum atomic E-state index is 12.0. The minimum Gasteiger partial charge on any atom is -0.349 e. The highest BCUT2D eigenvalue weighted by Gasteiger charge is 2.16. The molecule has 1 aromatic carbocycles. The molecule has 1 heterocycles. The highest BCUT2D eigenvalue weighted by Crippen LogP contribution is 2.17. The second-order valence-electron chi connectivity index (χ2n) is 5.05. The Balaban J connectivity index is 0.00000200. The highest BCUT2D eigenvalue weighted by molar-refractivity contribution is 7.90. The van der Waals surface area contributed by atoms with Crippen LogP contribution < -0.4 is 10.6 Å². The molecule has 1 unspecified atom stereocenters. The third kappa shape index (κ3) is 4.47. The smallest absolute Gasteiger partial charge is 0.251 e. The zero-order valence-corrected chi connectivity index (χ0v) is 13.1. The maximum absolute atomic E-state index is 12.0. The summed E-state index contributed by atoms with van der Waals surface area (Å²) in [5.74, 6) is -0.281. The predicted molar refractivity (Wildman–Crippen MR) is 80.9 cm³/mol. The first kappa shape index (κ1) is 16.9. The van der Waals surface area contributed by atoms with Crippen molar-refractivity contribution in [2.75, 3.05) is 12.0 Å². The standard InChI is InChI=1S/C13H18N2O3S.ClH/c1-9(8-19(2,17)18)15-13(16)10-3-4-11-6-14-7-12(11)5-10;/h3-5,9,14H,6-8H2,1-2H3,(H,15,16);1H. The molecule has 1 aliphatic rings. The normalized spacial score (nSPS) is 15.1. The molecule has 0 fully saturated rings. The number of benzene rings is 1. The Hall–Kier alpha value is -1.11. The lowest BCUT2D eigenvalue weighted by atomic mass is 10.1. The van der Waals surface area contributed by atoms with E-state index in [0.29, 0.717) is 5.56 Å². The van der Waals surface area contributed by atoms with Crippen LogP contribution in [0.5, 0.6) is 0 Å². The van der Waals surface area contributed by atoms with E-state index in [1.807, 2.05) is 12.1 Å². The number of hydrogen-bond donors (Lipinski definition) is 2. The van der Waals surface area contributed by atoms with Crippen molar-refractivity contribution in [2.45, 2.75) is 26.1 Å². The monoisotopic (exact) mass is 318 g/mol. The zero-order chi connectivity index (χ0) is 14.0. The van der Waals surface area contributed by atoms with Crippen molar-refractivity contribution in [2.24, 2.45) is 0 Å². The molecular formula is C13H19ClN2O3S. The van der Waals surface area contributed by atoms with Crippen LogP contribution in [0.1, 0.15) is 28.4 Å². The molecule has 5 nitrogen and oxygen atoms in total. The van der Waals surface area contributed by atoms with Gasteiger partial charge in [0, 0.05) is 31.0 Å². The fourth-order valence-corrected chi connectivity index (χ4v) is 3.23. The zero-order valence-electron chi connectivity index (χ0n) is 11.5. The van der Waals surface area contributed by atoms with Gasteiger partial charge in [-0.05, 0) is 30.2 Å². The minimum atomic E-state index is -3.09. The molecule has 0 radical (unpaired) electrons. The first-order valence-corrected chi connectivity index (χ1v) is 8.22. The SMILES string of the molecule is CC(CS(C)(=O)=O)NC(=O)c1ccc2c(c1)CNC2.Cl. The van der Waals surface area contributed by atoms with Crippen LogP contribution in [-0.2, 0) is 22.9 Å². The summed E-state index contributed by atoms with van der Waals surface area (Å²) < 4.78 is 22.3. The Morgan fingerprint density at radius 1 is 1.35 bits per heavy atom. The average Bonchev–Trinajstić information content (AvgIpc) is 2.72. The van der Waals surface area contributed by atoms with Crippen LogP contribution in [0.2, 0.25) is 0 Å².